The summed E-state index contributed by atoms with van der Waals surface area (Å²) in [4.78, 5) is 23.5. The Morgan fingerprint density at radius 1 is 1.33 bits per heavy atom. The highest BCUT2D eigenvalue weighted by Crippen LogP contribution is 2.36. The fourth-order valence-electron chi connectivity index (χ4n) is 1.97. The largest absolute Gasteiger partial charge is 0.491 e. The van der Waals surface area contributed by atoms with E-state index >= 15 is 0 Å². The van der Waals surface area contributed by atoms with E-state index in [0.29, 0.717) is 35.2 Å². The summed E-state index contributed by atoms with van der Waals surface area (Å²) in [5.74, 6) is 0.345. The molecule has 1 aromatic carbocycles. The molecule has 2 amide bonds. The number of methoxy groups -OCH3 is 1. The number of ether oxygens (including phenoxy) is 2. The van der Waals surface area contributed by atoms with Gasteiger partial charge in [-0.3, -0.25) is 9.59 Å². The highest BCUT2D eigenvalue weighted by molar-refractivity contribution is 6.32. The number of carbonyl (C=O) groups is 2. The molecule has 0 aromatic heterocycles. The molecule has 0 fully saturated rings. The fraction of sp³-hybridized carbons (Fsp3) is 0.412. The van der Waals surface area contributed by atoms with E-state index in [-0.39, 0.29) is 11.8 Å². The van der Waals surface area contributed by atoms with E-state index in [1.54, 1.807) is 25.1 Å². The summed E-state index contributed by atoms with van der Waals surface area (Å²) in [5, 5.41) is 5.61. The molecular weight excluding hydrogens is 332 g/mol. The third-order valence-electron chi connectivity index (χ3n) is 3.07. The molecule has 0 bridgehead atoms. The predicted octanol–water partition coefficient (Wildman–Crippen LogP) is 2.40. The summed E-state index contributed by atoms with van der Waals surface area (Å²) >= 11 is 6.15. The Balaban J connectivity index is 2.82. The van der Waals surface area contributed by atoms with Crippen LogP contribution in [0.5, 0.6) is 11.5 Å². The molecule has 6 nitrogen and oxygen atoms in total. The predicted molar refractivity (Wildman–Crippen MR) is 94.5 cm³/mol. The first-order valence-electron chi connectivity index (χ1n) is 7.69. The number of likely N-dealkylation sites (N-methyl/N-ethyl adjacent to an activating group) is 1. The number of benzene rings is 1. The molecule has 2 N–H and O–H groups in total. The van der Waals surface area contributed by atoms with Gasteiger partial charge in [0.05, 0.1) is 18.7 Å². The molecule has 0 radical (unpaired) electrons. The lowest BCUT2D eigenvalue weighted by molar-refractivity contribution is -0.126. The van der Waals surface area contributed by atoms with Gasteiger partial charge < -0.3 is 20.1 Å². The number of carbonyl (C=O) groups excluding carboxylic acids is 2. The van der Waals surface area contributed by atoms with Gasteiger partial charge in [-0.2, -0.15) is 0 Å². The van der Waals surface area contributed by atoms with Crippen LogP contribution in [-0.4, -0.2) is 38.1 Å². The van der Waals surface area contributed by atoms with Crippen LogP contribution in [0.25, 0.3) is 6.08 Å². The summed E-state index contributed by atoms with van der Waals surface area (Å²) in [7, 11) is 1.51. The van der Waals surface area contributed by atoms with Crippen molar-refractivity contribution in [2.45, 2.75) is 26.8 Å². The maximum Gasteiger partial charge on any atom is 0.244 e. The lowest BCUT2D eigenvalue weighted by atomic mass is 10.2. The van der Waals surface area contributed by atoms with Gasteiger partial charge in [-0.15, -0.1) is 0 Å². The van der Waals surface area contributed by atoms with Crippen molar-refractivity contribution in [3.63, 3.8) is 0 Å². The zero-order valence-corrected chi connectivity index (χ0v) is 15.1. The number of rotatable bonds is 8. The molecule has 0 saturated heterocycles. The monoisotopic (exact) mass is 354 g/mol. The maximum atomic E-state index is 11.9. The summed E-state index contributed by atoms with van der Waals surface area (Å²) < 4.78 is 10.7. The van der Waals surface area contributed by atoms with Crippen LogP contribution in [0.3, 0.4) is 0 Å². The Hall–Kier alpha value is -2.21. The second-order valence-electron chi connectivity index (χ2n) is 4.93. The van der Waals surface area contributed by atoms with Crippen molar-refractivity contribution in [1.29, 1.82) is 0 Å². The first-order valence-corrected chi connectivity index (χ1v) is 8.07. The number of nitrogens with one attached hydrogen (secondary N) is 2. The van der Waals surface area contributed by atoms with Crippen molar-refractivity contribution in [3.05, 3.63) is 28.8 Å². The van der Waals surface area contributed by atoms with Gasteiger partial charge in [-0.1, -0.05) is 11.6 Å². The van der Waals surface area contributed by atoms with Gasteiger partial charge >= 0.3 is 0 Å². The van der Waals surface area contributed by atoms with Crippen molar-refractivity contribution < 1.29 is 19.1 Å². The van der Waals surface area contributed by atoms with Crippen molar-refractivity contribution in [2.24, 2.45) is 0 Å². The van der Waals surface area contributed by atoms with Crippen LogP contribution < -0.4 is 20.1 Å². The fourth-order valence-corrected chi connectivity index (χ4v) is 2.27. The van der Waals surface area contributed by atoms with Crippen LogP contribution in [0.4, 0.5) is 0 Å². The Morgan fingerprint density at radius 3 is 2.62 bits per heavy atom. The number of hydrogen-bond acceptors (Lipinski definition) is 4. The topological polar surface area (TPSA) is 76.7 Å². The van der Waals surface area contributed by atoms with Gasteiger partial charge in [-0.05, 0) is 44.5 Å². The van der Waals surface area contributed by atoms with Crippen LogP contribution in [0, 0.1) is 0 Å². The van der Waals surface area contributed by atoms with Gasteiger partial charge in [0, 0.05) is 12.6 Å². The van der Waals surface area contributed by atoms with Gasteiger partial charge in [-0.25, -0.2) is 0 Å². The Bertz CT molecular complexity index is 617. The first-order chi connectivity index (χ1) is 11.4. The standard InChI is InChI=1S/C17H23ClN2O4/c1-5-19-17(22)11(3)20-15(21)8-7-12-9-13(18)16(23-4)14(10-12)24-6-2/h7-11H,5-6H2,1-4H3,(H,19,22)(H,20,21)/b8-7+/t11-/m0/s1. The quantitative estimate of drug-likeness (QED) is 0.703. The van der Waals surface area contributed by atoms with E-state index < -0.39 is 6.04 Å². The number of hydrogen-bond donors (Lipinski definition) is 2. The third kappa shape index (κ3) is 5.77. The van der Waals surface area contributed by atoms with E-state index in [1.807, 2.05) is 13.8 Å². The molecule has 0 aliphatic heterocycles. The molecular formula is C17H23ClN2O4. The van der Waals surface area contributed by atoms with Gasteiger partial charge in [0.1, 0.15) is 6.04 Å². The number of halogens is 1. The molecule has 0 unspecified atom stereocenters. The minimum atomic E-state index is -0.611. The lowest BCUT2D eigenvalue weighted by Gasteiger charge is -2.12. The van der Waals surface area contributed by atoms with Gasteiger partial charge in [0.15, 0.2) is 11.5 Å². The van der Waals surface area contributed by atoms with Crippen LogP contribution in [0.1, 0.15) is 26.3 Å². The van der Waals surface area contributed by atoms with E-state index in [0.717, 1.165) is 0 Å². The molecule has 1 rings (SSSR count). The summed E-state index contributed by atoms with van der Waals surface area (Å²) in [6.45, 7) is 6.26. The van der Waals surface area contributed by atoms with E-state index in [1.165, 1.54) is 13.2 Å². The summed E-state index contributed by atoms with van der Waals surface area (Å²) in [6, 6.07) is 2.78. The minimum Gasteiger partial charge on any atom is -0.491 e. The van der Waals surface area contributed by atoms with Crippen molar-refractivity contribution in [3.8, 4) is 11.5 Å². The zero-order chi connectivity index (χ0) is 18.1. The molecule has 1 atom stereocenters. The summed E-state index contributed by atoms with van der Waals surface area (Å²) in [5.41, 5.74) is 0.685. The van der Waals surface area contributed by atoms with Gasteiger partial charge in [0.2, 0.25) is 11.8 Å². The van der Waals surface area contributed by atoms with Crippen molar-refractivity contribution in [1.82, 2.24) is 10.6 Å². The van der Waals surface area contributed by atoms with E-state index in [9.17, 15) is 9.59 Å². The van der Waals surface area contributed by atoms with Crippen LogP contribution in [0.15, 0.2) is 18.2 Å². The highest BCUT2D eigenvalue weighted by atomic mass is 35.5. The maximum absolute atomic E-state index is 11.9. The summed E-state index contributed by atoms with van der Waals surface area (Å²) in [6.07, 6.45) is 2.93. The molecule has 0 heterocycles. The minimum absolute atomic E-state index is 0.231. The normalized spacial score (nSPS) is 11.9. The molecule has 0 aliphatic rings. The zero-order valence-electron chi connectivity index (χ0n) is 14.3. The Labute approximate surface area is 147 Å². The molecule has 132 valence electrons. The molecule has 0 spiro atoms. The lowest BCUT2D eigenvalue weighted by Crippen LogP contribution is -2.44. The average Bonchev–Trinajstić information content (AvgIpc) is 2.53. The Kier molecular flexibility index (Phi) is 8.12. The van der Waals surface area contributed by atoms with Gasteiger partial charge in [0.25, 0.3) is 0 Å². The van der Waals surface area contributed by atoms with Crippen LogP contribution in [-0.2, 0) is 9.59 Å². The van der Waals surface area contributed by atoms with E-state index in [4.69, 9.17) is 21.1 Å². The second kappa shape index (κ2) is 9.82. The first kappa shape index (κ1) is 19.8. The van der Waals surface area contributed by atoms with Crippen molar-refractivity contribution in [2.75, 3.05) is 20.3 Å². The second-order valence-corrected chi connectivity index (χ2v) is 5.33. The highest BCUT2D eigenvalue weighted by Gasteiger charge is 2.13. The smallest absolute Gasteiger partial charge is 0.244 e. The molecule has 1 aromatic rings. The molecule has 0 saturated carbocycles. The average molecular weight is 355 g/mol. The third-order valence-corrected chi connectivity index (χ3v) is 3.35. The van der Waals surface area contributed by atoms with Crippen molar-refractivity contribution >= 4 is 29.5 Å². The van der Waals surface area contributed by atoms with E-state index in [2.05, 4.69) is 10.6 Å². The van der Waals surface area contributed by atoms with Crippen LogP contribution >= 0.6 is 11.6 Å². The van der Waals surface area contributed by atoms with Crippen LogP contribution in [0.2, 0.25) is 5.02 Å². The molecule has 24 heavy (non-hydrogen) atoms. The SMILES string of the molecule is CCNC(=O)[C@H](C)NC(=O)/C=C/c1cc(Cl)c(OC)c(OCC)c1. The molecule has 7 heteroatoms. The molecule has 0 aliphatic carbocycles. The Morgan fingerprint density at radius 2 is 2.04 bits per heavy atom. The number of amides is 2.